The Bertz CT molecular complexity index is 781. The van der Waals surface area contributed by atoms with Crippen LogP contribution in [-0.2, 0) is 14.8 Å². The summed E-state index contributed by atoms with van der Waals surface area (Å²) in [5.41, 5.74) is 0. The van der Waals surface area contributed by atoms with Crippen molar-refractivity contribution in [2.75, 3.05) is 26.2 Å². The van der Waals surface area contributed by atoms with Gasteiger partial charge in [0, 0.05) is 43.3 Å². The lowest BCUT2D eigenvalue weighted by molar-refractivity contribution is -0.143. The van der Waals surface area contributed by atoms with Gasteiger partial charge in [0.2, 0.25) is 15.9 Å². The summed E-state index contributed by atoms with van der Waals surface area (Å²) in [6.45, 7) is 8.06. The SMILES string of the molecule is C[C@H](C(=O)N1[C@H](C)CCC[C@H]1C)N1CCN(S(=O)(=O)c2ccc(Cl)cc2)CC1. The number of likely N-dealkylation sites (tertiary alicyclic amines) is 1. The number of rotatable bonds is 4. The van der Waals surface area contributed by atoms with Crippen LogP contribution in [0, 0.1) is 0 Å². The van der Waals surface area contributed by atoms with Crippen LogP contribution in [-0.4, -0.2) is 72.7 Å². The van der Waals surface area contributed by atoms with Gasteiger partial charge in [0.25, 0.3) is 0 Å². The van der Waals surface area contributed by atoms with Crippen LogP contribution < -0.4 is 0 Å². The zero-order chi connectivity index (χ0) is 20.5. The van der Waals surface area contributed by atoms with E-state index in [0.29, 0.717) is 31.2 Å². The van der Waals surface area contributed by atoms with Gasteiger partial charge in [-0.05, 0) is 64.3 Å². The minimum Gasteiger partial charge on any atom is -0.336 e. The van der Waals surface area contributed by atoms with Crippen LogP contribution in [0.2, 0.25) is 5.02 Å². The van der Waals surface area contributed by atoms with Crippen LogP contribution >= 0.6 is 11.6 Å². The molecule has 0 saturated carbocycles. The molecule has 3 rings (SSSR count). The molecule has 2 aliphatic rings. The Morgan fingerprint density at radius 1 is 1.04 bits per heavy atom. The van der Waals surface area contributed by atoms with E-state index in [2.05, 4.69) is 18.7 Å². The summed E-state index contributed by atoms with van der Waals surface area (Å²) >= 11 is 5.86. The van der Waals surface area contributed by atoms with Gasteiger partial charge < -0.3 is 4.90 Å². The van der Waals surface area contributed by atoms with Crippen molar-refractivity contribution in [2.45, 2.75) is 63.1 Å². The number of carbonyl (C=O) groups is 1. The Hall–Kier alpha value is -1.15. The second-order valence-electron chi connectivity index (χ2n) is 7.94. The van der Waals surface area contributed by atoms with Crippen molar-refractivity contribution in [3.05, 3.63) is 29.3 Å². The number of carbonyl (C=O) groups excluding carboxylic acids is 1. The van der Waals surface area contributed by atoms with Gasteiger partial charge in [-0.15, -0.1) is 0 Å². The predicted octanol–water partition coefficient (Wildman–Crippen LogP) is 2.82. The summed E-state index contributed by atoms with van der Waals surface area (Å²) < 4.78 is 27.2. The number of sulfonamides is 1. The molecule has 28 heavy (non-hydrogen) atoms. The Morgan fingerprint density at radius 2 is 1.57 bits per heavy atom. The number of halogens is 1. The highest BCUT2D eigenvalue weighted by molar-refractivity contribution is 7.89. The lowest BCUT2D eigenvalue weighted by Crippen LogP contribution is -2.58. The molecule has 0 spiro atoms. The van der Waals surface area contributed by atoms with Crippen molar-refractivity contribution in [1.29, 1.82) is 0 Å². The summed E-state index contributed by atoms with van der Waals surface area (Å²) in [5.74, 6) is 0.161. The summed E-state index contributed by atoms with van der Waals surface area (Å²) in [6.07, 6.45) is 3.27. The number of amides is 1. The van der Waals surface area contributed by atoms with Crippen molar-refractivity contribution in [2.24, 2.45) is 0 Å². The third kappa shape index (κ3) is 4.37. The van der Waals surface area contributed by atoms with Crippen LogP contribution in [0.15, 0.2) is 29.2 Å². The third-order valence-electron chi connectivity index (χ3n) is 6.08. The largest absolute Gasteiger partial charge is 0.336 e. The Balaban J connectivity index is 1.63. The molecule has 0 aliphatic carbocycles. The first-order valence-corrected chi connectivity index (χ1v) is 11.9. The van der Waals surface area contributed by atoms with Crippen molar-refractivity contribution >= 4 is 27.5 Å². The Labute approximate surface area is 173 Å². The Kier molecular flexibility index (Phi) is 6.69. The van der Waals surface area contributed by atoms with E-state index in [0.717, 1.165) is 12.8 Å². The standard InChI is InChI=1S/C20H30ClN3O3S/c1-15-5-4-6-16(2)24(15)20(25)17(3)22-11-13-23(14-12-22)28(26,27)19-9-7-18(21)8-10-19/h7-10,15-17H,4-6,11-14H2,1-3H3/t15-,16-,17-/m1/s1. The van der Waals surface area contributed by atoms with Crippen LogP contribution in [0.1, 0.15) is 40.0 Å². The molecular weight excluding hydrogens is 398 g/mol. The van der Waals surface area contributed by atoms with Gasteiger partial charge >= 0.3 is 0 Å². The van der Waals surface area contributed by atoms with Gasteiger partial charge in [0.05, 0.1) is 10.9 Å². The minimum atomic E-state index is -3.53. The highest BCUT2D eigenvalue weighted by atomic mass is 35.5. The lowest BCUT2D eigenvalue weighted by Gasteiger charge is -2.43. The second kappa shape index (κ2) is 8.69. The van der Waals surface area contributed by atoms with Gasteiger partial charge in [0.1, 0.15) is 0 Å². The summed E-state index contributed by atoms with van der Waals surface area (Å²) in [5, 5.41) is 0.511. The number of nitrogens with zero attached hydrogens (tertiary/aromatic N) is 3. The number of hydrogen-bond acceptors (Lipinski definition) is 4. The number of piperazine rings is 1. The molecule has 156 valence electrons. The van der Waals surface area contributed by atoms with E-state index >= 15 is 0 Å². The Morgan fingerprint density at radius 3 is 2.11 bits per heavy atom. The smallest absolute Gasteiger partial charge is 0.243 e. The molecule has 1 aromatic rings. The molecule has 3 atom stereocenters. The van der Waals surface area contributed by atoms with E-state index in [1.807, 2.05) is 11.8 Å². The maximum Gasteiger partial charge on any atom is 0.243 e. The van der Waals surface area contributed by atoms with E-state index in [-0.39, 0.29) is 28.9 Å². The van der Waals surface area contributed by atoms with E-state index < -0.39 is 10.0 Å². The average molecular weight is 428 g/mol. The van der Waals surface area contributed by atoms with Crippen LogP contribution in [0.3, 0.4) is 0 Å². The highest BCUT2D eigenvalue weighted by Gasteiger charge is 2.36. The van der Waals surface area contributed by atoms with Crippen molar-refractivity contribution < 1.29 is 13.2 Å². The van der Waals surface area contributed by atoms with Crippen LogP contribution in [0.4, 0.5) is 0 Å². The fourth-order valence-electron chi connectivity index (χ4n) is 4.31. The van der Waals surface area contributed by atoms with E-state index in [1.54, 1.807) is 12.1 Å². The highest BCUT2D eigenvalue weighted by Crippen LogP contribution is 2.25. The number of hydrogen-bond donors (Lipinski definition) is 0. The first kappa shape index (κ1) is 21.6. The minimum absolute atomic E-state index is 0.161. The van der Waals surface area contributed by atoms with Gasteiger partial charge in [0.15, 0.2) is 0 Å². The molecule has 8 heteroatoms. The van der Waals surface area contributed by atoms with Crippen molar-refractivity contribution in [3.8, 4) is 0 Å². The van der Waals surface area contributed by atoms with Crippen LogP contribution in [0.25, 0.3) is 0 Å². The molecule has 0 unspecified atom stereocenters. The normalized spacial score (nSPS) is 26.2. The zero-order valence-electron chi connectivity index (χ0n) is 16.8. The van der Waals surface area contributed by atoms with Crippen molar-refractivity contribution in [3.63, 3.8) is 0 Å². The maximum absolute atomic E-state index is 13.1. The molecule has 2 heterocycles. The van der Waals surface area contributed by atoms with Gasteiger partial charge in [-0.25, -0.2) is 8.42 Å². The summed E-state index contributed by atoms with van der Waals surface area (Å²) in [6, 6.07) is 6.56. The molecule has 0 aromatic heterocycles. The molecule has 0 N–H and O–H groups in total. The average Bonchev–Trinajstić information content (AvgIpc) is 2.67. The molecule has 1 amide bonds. The number of benzene rings is 1. The molecular formula is C20H30ClN3O3S. The van der Waals surface area contributed by atoms with E-state index in [1.165, 1.54) is 22.9 Å². The molecule has 1 aromatic carbocycles. The fraction of sp³-hybridized carbons (Fsp3) is 0.650. The topological polar surface area (TPSA) is 60.9 Å². The van der Waals surface area contributed by atoms with Gasteiger partial charge in [-0.1, -0.05) is 11.6 Å². The molecule has 2 fully saturated rings. The summed E-state index contributed by atoms with van der Waals surface area (Å²) in [7, 11) is -3.53. The fourth-order valence-corrected chi connectivity index (χ4v) is 5.86. The summed E-state index contributed by atoms with van der Waals surface area (Å²) in [4.78, 5) is 17.5. The molecule has 0 bridgehead atoms. The van der Waals surface area contributed by atoms with Crippen LogP contribution in [0.5, 0.6) is 0 Å². The molecule has 2 aliphatic heterocycles. The monoisotopic (exact) mass is 427 g/mol. The van der Waals surface area contributed by atoms with E-state index in [9.17, 15) is 13.2 Å². The molecule has 2 saturated heterocycles. The quantitative estimate of drug-likeness (QED) is 0.741. The number of piperidine rings is 1. The second-order valence-corrected chi connectivity index (χ2v) is 10.3. The molecule has 0 radical (unpaired) electrons. The first-order valence-electron chi connectivity index (χ1n) is 10.0. The maximum atomic E-state index is 13.1. The van der Waals surface area contributed by atoms with Crippen molar-refractivity contribution in [1.82, 2.24) is 14.1 Å². The van der Waals surface area contributed by atoms with E-state index in [4.69, 9.17) is 11.6 Å². The zero-order valence-corrected chi connectivity index (χ0v) is 18.4. The third-order valence-corrected chi connectivity index (χ3v) is 8.24. The predicted molar refractivity (Wildman–Crippen MR) is 111 cm³/mol. The van der Waals surface area contributed by atoms with Gasteiger partial charge in [-0.3, -0.25) is 9.69 Å². The molecule has 6 nitrogen and oxygen atoms in total. The first-order chi connectivity index (χ1) is 13.2. The lowest BCUT2D eigenvalue weighted by atomic mass is 9.96. The van der Waals surface area contributed by atoms with Gasteiger partial charge in [-0.2, -0.15) is 4.31 Å².